The summed E-state index contributed by atoms with van der Waals surface area (Å²) in [6.45, 7) is 21.1. The van der Waals surface area contributed by atoms with Gasteiger partial charge in [-0.05, 0) is 73.2 Å². The van der Waals surface area contributed by atoms with Gasteiger partial charge in [0.15, 0.2) is 11.6 Å². The van der Waals surface area contributed by atoms with Crippen molar-refractivity contribution in [3.63, 3.8) is 0 Å². The standard InChI is InChI=1S/2C31H26Cl4FN7O2/c2*1-5-19(44)41-8-10-42(11-9-41)29-16-12-18(32)27(20-21(33)22(34)24(36)23(35)25(20)38)40-30(16)43(31(45)17(29)13-37)28-15(4)6-7-39-26(28)14(2)3/h2*5-7,12,14H,1,8-11,38H2,2-4H3. The number of fused-ring (bicyclic) bond motifs is 2. The number of benzene rings is 2. The van der Waals surface area contributed by atoms with Gasteiger partial charge in [0.25, 0.3) is 11.1 Å². The van der Waals surface area contributed by atoms with Crippen LogP contribution in [0.1, 0.15) is 73.2 Å². The van der Waals surface area contributed by atoms with Crippen molar-refractivity contribution in [2.75, 3.05) is 73.6 Å². The van der Waals surface area contributed by atoms with Crippen molar-refractivity contribution in [1.82, 2.24) is 38.9 Å². The molecule has 0 radical (unpaired) electrons. The first-order chi connectivity index (χ1) is 42.7. The Hall–Kier alpha value is -7.76. The Morgan fingerprint density at radius 2 is 0.900 bits per heavy atom. The van der Waals surface area contributed by atoms with Gasteiger partial charge in [-0.25, -0.2) is 18.7 Å². The number of nitrogens with zero attached hydrogens (tertiary/aromatic N) is 12. The fraction of sp³-hybridized carbons (Fsp3) is 0.258. The molecular formula is C62H52Cl8F2N14O4. The second-order valence-corrected chi connectivity index (χ2v) is 24.6. The highest BCUT2D eigenvalue weighted by molar-refractivity contribution is 6.48. The monoisotopic (exact) mass is 1370 g/mol. The molecule has 2 aromatic carbocycles. The van der Waals surface area contributed by atoms with E-state index in [0.717, 1.165) is 0 Å². The van der Waals surface area contributed by atoms with E-state index in [1.165, 1.54) is 21.3 Å². The number of nitrogen functional groups attached to an aromatic ring is 2. The molecule has 8 aromatic rings. The van der Waals surface area contributed by atoms with Crippen molar-refractivity contribution < 1.29 is 18.4 Å². The van der Waals surface area contributed by atoms with E-state index in [9.17, 15) is 38.5 Å². The third-order valence-corrected chi connectivity index (χ3v) is 18.4. The number of hydrogen-bond donors (Lipinski definition) is 2. The molecule has 6 aromatic heterocycles. The van der Waals surface area contributed by atoms with E-state index in [1.807, 2.05) is 51.3 Å². The highest BCUT2D eigenvalue weighted by atomic mass is 35.5. The van der Waals surface area contributed by atoms with Crippen LogP contribution in [0.2, 0.25) is 40.2 Å². The number of hydrogen-bond acceptors (Lipinski definition) is 14. The Labute approximate surface area is 554 Å². The summed E-state index contributed by atoms with van der Waals surface area (Å²) in [6.07, 6.45) is 5.77. The molecule has 2 amide bonds. The lowest BCUT2D eigenvalue weighted by molar-refractivity contribution is -0.127. The van der Waals surface area contributed by atoms with Crippen LogP contribution < -0.4 is 32.4 Å². The minimum atomic E-state index is -0.999. The number of anilines is 4. The van der Waals surface area contributed by atoms with Crippen molar-refractivity contribution >= 4 is 149 Å². The van der Waals surface area contributed by atoms with E-state index >= 15 is 0 Å². The molecule has 2 saturated heterocycles. The number of carbonyl (C=O) groups excluding carboxylic acids is 2. The molecule has 18 nitrogen and oxygen atoms in total. The summed E-state index contributed by atoms with van der Waals surface area (Å²) < 4.78 is 32.0. The molecule has 0 unspecified atom stereocenters. The number of amides is 2. The molecule has 2 fully saturated rings. The minimum Gasteiger partial charge on any atom is -0.397 e. The number of nitrogens with two attached hydrogens (primary N) is 2. The number of aromatic nitrogens is 6. The zero-order valence-electron chi connectivity index (χ0n) is 48.8. The van der Waals surface area contributed by atoms with Gasteiger partial charge in [0.1, 0.15) is 44.6 Å². The summed E-state index contributed by atoms with van der Waals surface area (Å²) in [6, 6.07) is 10.8. The zero-order chi connectivity index (χ0) is 65.8. The summed E-state index contributed by atoms with van der Waals surface area (Å²) in [5.41, 5.74) is 14.7. The molecule has 28 heteroatoms. The van der Waals surface area contributed by atoms with Gasteiger partial charge in [-0.2, -0.15) is 10.5 Å². The van der Waals surface area contributed by atoms with Crippen LogP contribution in [0.4, 0.5) is 31.5 Å². The molecule has 2 aliphatic heterocycles. The average Bonchev–Trinajstić information content (AvgIpc) is 0.747. The van der Waals surface area contributed by atoms with E-state index in [0.29, 0.717) is 108 Å². The van der Waals surface area contributed by atoms with E-state index in [2.05, 4.69) is 35.3 Å². The fourth-order valence-electron chi connectivity index (χ4n) is 11.0. The summed E-state index contributed by atoms with van der Waals surface area (Å²) in [5, 5.41) is 19.2. The van der Waals surface area contributed by atoms with Crippen LogP contribution in [0, 0.1) is 48.1 Å². The molecular weight excluding hydrogens is 1330 g/mol. The maximum atomic E-state index is 14.6. The van der Waals surface area contributed by atoms with Crippen molar-refractivity contribution in [1.29, 1.82) is 10.5 Å². The normalized spacial score (nSPS) is 13.4. The summed E-state index contributed by atoms with van der Waals surface area (Å²) in [5.74, 6) is -2.67. The molecule has 10 rings (SSSR count). The first-order valence-electron chi connectivity index (χ1n) is 27.5. The fourth-order valence-corrected chi connectivity index (χ4v) is 12.9. The van der Waals surface area contributed by atoms with E-state index in [1.54, 1.807) is 46.5 Å². The Bertz CT molecular complexity index is 4260. The molecule has 0 bridgehead atoms. The van der Waals surface area contributed by atoms with Gasteiger partial charge in [0.2, 0.25) is 11.8 Å². The lowest BCUT2D eigenvalue weighted by Gasteiger charge is -2.36. The lowest BCUT2D eigenvalue weighted by atomic mass is 10.0. The second-order valence-electron chi connectivity index (χ2n) is 21.5. The van der Waals surface area contributed by atoms with Gasteiger partial charge < -0.3 is 31.1 Å². The van der Waals surface area contributed by atoms with Crippen LogP contribution in [-0.4, -0.2) is 103 Å². The number of halogens is 10. The van der Waals surface area contributed by atoms with Crippen LogP contribution in [0.5, 0.6) is 0 Å². The first kappa shape index (κ1) is 66.7. The van der Waals surface area contributed by atoms with Crippen molar-refractivity contribution in [3.05, 3.63) is 168 Å². The molecule has 0 spiro atoms. The number of piperazine rings is 2. The molecule has 0 aliphatic carbocycles. The third-order valence-electron chi connectivity index (χ3n) is 15.5. The van der Waals surface area contributed by atoms with Crippen molar-refractivity contribution in [2.45, 2.75) is 53.4 Å². The largest absolute Gasteiger partial charge is 0.397 e. The first-order valence-corrected chi connectivity index (χ1v) is 30.6. The maximum absolute atomic E-state index is 14.6. The average molecular weight is 1380 g/mol. The van der Waals surface area contributed by atoms with Gasteiger partial charge >= 0.3 is 0 Å². The van der Waals surface area contributed by atoms with Crippen molar-refractivity contribution in [2.24, 2.45) is 0 Å². The molecule has 0 atom stereocenters. The van der Waals surface area contributed by atoms with Gasteiger partial charge in [-0.15, -0.1) is 0 Å². The quantitative estimate of drug-likeness (QED) is 0.0560. The third kappa shape index (κ3) is 11.6. The minimum absolute atomic E-state index is 0.00619. The smallest absolute Gasteiger partial charge is 0.276 e. The van der Waals surface area contributed by atoms with E-state index in [-0.39, 0.29) is 100 Å². The molecule has 90 heavy (non-hydrogen) atoms. The predicted molar refractivity (Wildman–Crippen MR) is 355 cm³/mol. The summed E-state index contributed by atoms with van der Waals surface area (Å²) >= 11 is 51.3. The SMILES string of the molecule is C=CC(=O)N1CCN(c2c(C#N)c(=O)n(-c3c(C)ccnc3C(C)C)c3nc(-c4c(N)c(Cl)c(F)c(Cl)c4Cl)c(Cl)cc23)CC1.C=CC(=O)N1CCN(c2c(C#N)c(=O)n(-c3c(C)ccnc3C(C)C)c3nc(-c4c(N)c(Cl)c(F)c(Cl)c4Cl)c(Cl)cc23)CC1. The number of rotatable bonds is 10. The number of nitriles is 2. The van der Waals surface area contributed by atoms with Gasteiger partial charge in [0.05, 0.1) is 87.0 Å². The van der Waals surface area contributed by atoms with E-state index in [4.69, 9.17) is 114 Å². The second kappa shape index (κ2) is 26.6. The van der Waals surface area contributed by atoms with Crippen molar-refractivity contribution in [3.8, 4) is 46.0 Å². The maximum Gasteiger partial charge on any atom is 0.276 e. The van der Waals surface area contributed by atoms with Gasteiger partial charge in [-0.3, -0.25) is 38.3 Å². The molecule has 2 aliphatic rings. The Morgan fingerprint density at radius 1 is 0.567 bits per heavy atom. The molecule has 8 heterocycles. The summed E-state index contributed by atoms with van der Waals surface area (Å²) in [7, 11) is 0. The van der Waals surface area contributed by atoms with Crippen LogP contribution >= 0.6 is 92.8 Å². The van der Waals surface area contributed by atoms with Crippen LogP contribution in [0.3, 0.4) is 0 Å². The topological polar surface area (TPSA) is 242 Å². The molecule has 0 saturated carbocycles. The van der Waals surface area contributed by atoms with Gasteiger partial charge in [-0.1, -0.05) is 134 Å². The highest BCUT2D eigenvalue weighted by Crippen LogP contribution is 2.49. The Morgan fingerprint density at radius 3 is 1.20 bits per heavy atom. The number of aryl methyl sites for hydroxylation is 2. The summed E-state index contributed by atoms with van der Waals surface area (Å²) in [4.78, 5) is 79.1. The van der Waals surface area contributed by atoms with E-state index < -0.39 is 42.8 Å². The zero-order valence-corrected chi connectivity index (χ0v) is 54.8. The Balaban J connectivity index is 0.000000213. The molecule has 464 valence electrons. The van der Waals surface area contributed by atoms with Crippen LogP contribution in [0.15, 0.2) is 71.6 Å². The highest BCUT2D eigenvalue weighted by Gasteiger charge is 2.34. The molecule has 4 N–H and O–H groups in total. The van der Waals surface area contributed by atoms with Gasteiger partial charge in [0, 0.05) is 86.7 Å². The number of pyridine rings is 6. The predicted octanol–water partition coefficient (Wildman–Crippen LogP) is 13.8. The van der Waals surface area contributed by atoms with Crippen LogP contribution in [0.25, 0.3) is 56.0 Å². The Kier molecular flexibility index (Phi) is 19.7. The number of carbonyl (C=O) groups is 2. The van der Waals surface area contributed by atoms with Crippen LogP contribution in [-0.2, 0) is 9.59 Å². The lowest BCUT2D eigenvalue weighted by Crippen LogP contribution is -2.49.